The average molecular weight is 375 g/mol. The van der Waals surface area contributed by atoms with Crippen LogP contribution in [0.2, 0.25) is 0 Å². The summed E-state index contributed by atoms with van der Waals surface area (Å²) in [5.41, 5.74) is 2.17. The Bertz CT molecular complexity index is 724. The first kappa shape index (κ1) is 18.8. The van der Waals surface area contributed by atoms with Crippen molar-refractivity contribution < 1.29 is 14.3 Å². The molecule has 2 aliphatic rings. The van der Waals surface area contributed by atoms with Gasteiger partial charge in [0.25, 0.3) is 11.8 Å². The van der Waals surface area contributed by atoms with E-state index >= 15 is 0 Å². The van der Waals surface area contributed by atoms with Crippen molar-refractivity contribution in [1.82, 2.24) is 5.32 Å². The Balaban J connectivity index is 1.70. The van der Waals surface area contributed by atoms with Crippen LogP contribution in [-0.2, 0) is 9.53 Å². The summed E-state index contributed by atoms with van der Waals surface area (Å²) in [6.45, 7) is 4.36. The van der Waals surface area contributed by atoms with Gasteiger partial charge in [0.05, 0.1) is 6.61 Å². The van der Waals surface area contributed by atoms with Gasteiger partial charge in [-0.2, -0.15) is 0 Å². The molecule has 1 fully saturated rings. The fourth-order valence-corrected chi connectivity index (χ4v) is 4.14. The van der Waals surface area contributed by atoms with Crippen LogP contribution in [-0.4, -0.2) is 30.2 Å². The lowest BCUT2D eigenvalue weighted by atomic mass is 9.95. The minimum absolute atomic E-state index is 0.0711. The van der Waals surface area contributed by atoms with Crippen molar-refractivity contribution in [2.45, 2.75) is 52.0 Å². The van der Waals surface area contributed by atoms with Gasteiger partial charge in [-0.1, -0.05) is 25.3 Å². The number of aryl methyl sites for hydroxylation is 1. The molecule has 0 saturated heterocycles. The number of amides is 2. The summed E-state index contributed by atoms with van der Waals surface area (Å²) in [4.78, 5) is 25.7. The quantitative estimate of drug-likeness (QED) is 0.836. The normalized spacial score (nSPS) is 18.2. The zero-order chi connectivity index (χ0) is 18.5. The third-order valence-electron chi connectivity index (χ3n) is 4.86. The highest BCUT2D eigenvalue weighted by atomic mass is 32.2. The molecule has 140 valence electrons. The van der Waals surface area contributed by atoms with E-state index in [1.54, 1.807) is 6.07 Å². The Labute approximate surface area is 158 Å². The molecular formula is C20H26N2O3S. The van der Waals surface area contributed by atoms with Crippen molar-refractivity contribution in [3.8, 4) is 0 Å². The first-order valence-corrected chi connectivity index (χ1v) is 10.2. The second-order valence-corrected chi connectivity index (χ2v) is 7.98. The van der Waals surface area contributed by atoms with Gasteiger partial charge in [0.15, 0.2) is 0 Å². The average Bonchev–Trinajstić information content (AvgIpc) is 2.64. The molecule has 0 radical (unpaired) electrons. The summed E-state index contributed by atoms with van der Waals surface area (Å²) in [5.74, 6) is 1.17. The maximum Gasteiger partial charge on any atom is 0.265 e. The zero-order valence-electron chi connectivity index (χ0n) is 15.4. The molecule has 3 rings (SSSR count). The number of anilines is 1. The molecular weight excluding hydrogens is 348 g/mol. The van der Waals surface area contributed by atoms with Gasteiger partial charge in [-0.3, -0.25) is 9.59 Å². The summed E-state index contributed by atoms with van der Waals surface area (Å²) in [6, 6.07) is 5.71. The second kappa shape index (κ2) is 8.62. The summed E-state index contributed by atoms with van der Waals surface area (Å²) < 4.78 is 5.46. The van der Waals surface area contributed by atoms with Crippen molar-refractivity contribution in [3.05, 3.63) is 40.0 Å². The molecule has 1 aromatic rings. The number of allylic oxidation sites excluding steroid dienone is 1. The number of rotatable bonds is 4. The van der Waals surface area contributed by atoms with Crippen LogP contribution in [0.1, 0.15) is 54.9 Å². The molecule has 5 nitrogen and oxygen atoms in total. The van der Waals surface area contributed by atoms with Crippen LogP contribution >= 0.6 is 11.8 Å². The number of hydrogen-bond donors (Lipinski definition) is 2. The number of nitrogens with one attached hydrogen (secondary N) is 2. The Kier molecular flexibility index (Phi) is 6.25. The second-order valence-electron chi connectivity index (χ2n) is 6.87. The van der Waals surface area contributed by atoms with Gasteiger partial charge in [-0.25, -0.2) is 0 Å². The van der Waals surface area contributed by atoms with E-state index in [2.05, 4.69) is 10.6 Å². The minimum Gasteiger partial charge on any atom is -0.496 e. The monoisotopic (exact) mass is 374 g/mol. The number of hydrogen-bond acceptors (Lipinski definition) is 4. The Hall–Kier alpha value is -1.95. The lowest BCUT2D eigenvalue weighted by Crippen LogP contribution is -2.36. The summed E-state index contributed by atoms with van der Waals surface area (Å²) >= 11 is 1.50. The molecule has 1 aliphatic heterocycles. The molecule has 2 N–H and O–H groups in total. The van der Waals surface area contributed by atoms with Crippen LogP contribution in [0.4, 0.5) is 5.69 Å². The largest absolute Gasteiger partial charge is 0.496 e. The van der Waals surface area contributed by atoms with E-state index in [-0.39, 0.29) is 17.9 Å². The molecule has 6 heteroatoms. The van der Waals surface area contributed by atoms with Crippen molar-refractivity contribution in [1.29, 1.82) is 0 Å². The van der Waals surface area contributed by atoms with Gasteiger partial charge >= 0.3 is 0 Å². The molecule has 0 unspecified atom stereocenters. The van der Waals surface area contributed by atoms with E-state index in [1.165, 1.54) is 31.0 Å². The van der Waals surface area contributed by atoms with E-state index in [4.69, 9.17) is 4.74 Å². The number of carbonyl (C=O) groups excluding carboxylic acids is 2. The van der Waals surface area contributed by atoms with Gasteiger partial charge in [0.1, 0.15) is 10.7 Å². The number of carbonyl (C=O) groups is 2. The summed E-state index contributed by atoms with van der Waals surface area (Å²) in [5, 5.41) is 6.05. The van der Waals surface area contributed by atoms with Gasteiger partial charge in [0.2, 0.25) is 0 Å². The van der Waals surface area contributed by atoms with Gasteiger partial charge in [-0.15, -0.1) is 11.8 Å². The molecule has 0 aromatic heterocycles. The molecule has 1 heterocycles. The van der Waals surface area contributed by atoms with Gasteiger partial charge in [0, 0.05) is 23.0 Å². The van der Waals surface area contributed by atoms with Gasteiger partial charge in [-0.05, 0) is 44.4 Å². The number of thioether (sulfide) groups is 1. The molecule has 1 saturated carbocycles. The van der Waals surface area contributed by atoms with Crippen LogP contribution in [0.3, 0.4) is 0 Å². The molecule has 2 amide bonds. The van der Waals surface area contributed by atoms with Crippen molar-refractivity contribution in [2.75, 3.05) is 17.7 Å². The lowest BCUT2D eigenvalue weighted by molar-refractivity contribution is -0.112. The van der Waals surface area contributed by atoms with Gasteiger partial charge < -0.3 is 15.4 Å². The number of ether oxygens (including phenoxy) is 1. The highest BCUT2D eigenvalue weighted by Crippen LogP contribution is 2.27. The maximum atomic E-state index is 12.6. The van der Waals surface area contributed by atoms with E-state index in [1.807, 2.05) is 26.0 Å². The predicted octanol–water partition coefficient (Wildman–Crippen LogP) is 3.99. The predicted molar refractivity (Wildman–Crippen MR) is 105 cm³/mol. The maximum absolute atomic E-state index is 12.6. The minimum atomic E-state index is -0.180. The molecule has 0 bridgehead atoms. The summed E-state index contributed by atoms with van der Waals surface area (Å²) in [6.07, 6.45) is 5.70. The fraction of sp³-hybridized carbons (Fsp3) is 0.500. The van der Waals surface area contributed by atoms with E-state index in [0.29, 0.717) is 28.5 Å². The number of benzene rings is 1. The van der Waals surface area contributed by atoms with Crippen LogP contribution < -0.4 is 10.6 Å². The third kappa shape index (κ3) is 4.61. The molecule has 26 heavy (non-hydrogen) atoms. The van der Waals surface area contributed by atoms with E-state index < -0.39 is 0 Å². The molecule has 1 aromatic carbocycles. The van der Waals surface area contributed by atoms with E-state index in [0.717, 1.165) is 24.2 Å². The Morgan fingerprint density at radius 2 is 1.88 bits per heavy atom. The van der Waals surface area contributed by atoms with Crippen LogP contribution in [0.15, 0.2) is 28.9 Å². The topological polar surface area (TPSA) is 67.4 Å². The highest BCUT2D eigenvalue weighted by molar-refractivity contribution is 8.04. The standard InChI is InChI=1S/C20H26N2O3S/c1-13-8-9-15(19(23)21-16-6-4-3-5-7-16)12-17(13)22-20(24)18-14(2)25-10-11-26-18/h8-9,12,16H,3-7,10-11H2,1-2H3,(H,21,23)(H,22,24). The van der Waals surface area contributed by atoms with Crippen LogP contribution in [0.25, 0.3) is 0 Å². The highest BCUT2D eigenvalue weighted by Gasteiger charge is 2.21. The zero-order valence-corrected chi connectivity index (χ0v) is 16.2. The smallest absolute Gasteiger partial charge is 0.265 e. The molecule has 0 atom stereocenters. The Morgan fingerprint density at radius 3 is 2.62 bits per heavy atom. The van der Waals surface area contributed by atoms with Crippen molar-refractivity contribution in [3.63, 3.8) is 0 Å². The first-order chi connectivity index (χ1) is 12.5. The Morgan fingerprint density at radius 1 is 1.12 bits per heavy atom. The van der Waals surface area contributed by atoms with E-state index in [9.17, 15) is 9.59 Å². The van der Waals surface area contributed by atoms with Crippen molar-refractivity contribution in [2.24, 2.45) is 0 Å². The lowest BCUT2D eigenvalue weighted by Gasteiger charge is -2.23. The third-order valence-corrected chi connectivity index (χ3v) is 5.99. The fourth-order valence-electron chi connectivity index (χ4n) is 3.32. The molecule has 1 aliphatic carbocycles. The van der Waals surface area contributed by atoms with Crippen LogP contribution in [0.5, 0.6) is 0 Å². The first-order valence-electron chi connectivity index (χ1n) is 9.24. The molecule has 0 spiro atoms. The van der Waals surface area contributed by atoms with Crippen molar-refractivity contribution >= 4 is 29.3 Å². The SMILES string of the molecule is CC1=C(C(=O)Nc2cc(C(=O)NC3CCCCC3)ccc2C)SCCO1. The summed E-state index contributed by atoms with van der Waals surface area (Å²) in [7, 11) is 0. The van der Waals surface area contributed by atoms with Crippen LogP contribution in [0, 0.1) is 6.92 Å².